The summed E-state index contributed by atoms with van der Waals surface area (Å²) < 4.78 is 0. The first-order chi connectivity index (χ1) is 7.91. The maximum absolute atomic E-state index is 11.7. The van der Waals surface area contributed by atoms with E-state index in [-0.39, 0.29) is 25.0 Å². The summed E-state index contributed by atoms with van der Waals surface area (Å²) in [5, 5.41) is 2.79. The average molecular weight is 235 g/mol. The minimum Gasteiger partial charge on any atom is -0.326 e. The maximum Gasteiger partial charge on any atom is 0.226 e. The molecule has 1 N–H and O–H groups in total. The Balaban J connectivity index is 0.00000289. The number of ketones is 1. The third-order valence-electron chi connectivity index (χ3n) is 2.49. The van der Waals surface area contributed by atoms with Crippen LogP contribution in [0, 0.1) is 11.8 Å². The lowest BCUT2D eigenvalue weighted by atomic mass is 10.0. The largest absolute Gasteiger partial charge is 0.326 e. The number of hydrogen-bond donors (Lipinski definition) is 1. The molecule has 0 radical (unpaired) electrons. The van der Waals surface area contributed by atoms with Crippen molar-refractivity contribution in [2.75, 3.05) is 5.32 Å². The van der Waals surface area contributed by atoms with Crippen LogP contribution in [0.15, 0.2) is 24.3 Å². The number of Topliss-reactive ketones (excluding diaryl/α,β-unsaturated/α-hetero) is 1. The molecule has 1 aromatic rings. The van der Waals surface area contributed by atoms with Crippen LogP contribution in [-0.4, -0.2) is 11.7 Å². The standard InChI is InChI=1S/C14H19NO2.H2/c1-9(2)13(16)11-5-7-12(8-6-11)15-14(17)10(3)4;/h5-10H,1-4H3,(H,15,17);1H. The third-order valence-corrected chi connectivity index (χ3v) is 2.49. The SMILES string of the molecule is CC(C)C(=O)Nc1ccc(C(=O)C(C)C)cc1.[HH]. The predicted octanol–water partition coefficient (Wildman–Crippen LogP) is 3.37. The highest BCUT2D eigenvalue weighted by Gasteiger charge is 2.11. The normalized spacial score (nSPS) is 10.7. The van der Waals surface area contributed by atoms with Crippen LogP contribution in [0.25, 0.3) is 0 Å². The predicted molar refractivity (Wildman–Crippen MR) is 71.2 cm³/mol. The summed E-state index contributed by atoms with van der Waals surface area (Å²) in [6.07, 6.45) is 0. The van der Waals surface area contributed by atoms with Gasteiger partial charge < -0.3 is 5.32 Å². The summed E-state index contributed by atoms with van der Waals surface area (Å²) in [6, 6.07) is 7.02. The van der Waals surface area contributed by atoms with Crippen LogP contribution in [0.1, 0.15) is 39.5 Å². The van der Waals surface area contributed by atoms with Crippen molar-refractivity contribution in [1.82, 2.24) is 0 Å². The van der Waals surface area contributed by atoms with E-state index in [1.807, 2.05) is 27.7 Å². The Hall–Kier alpha value is -1.64. The quantitative estimate of drug-likeness (QED) is 0.813. The van der Waals surface area contributed by atoms with Gasteiger partial charge in [0, 0.05) is 24.5 Å². The molecule has 0 heterocycles. The van der Waals surface area contributed by atoms with Crippen molar-refractivity contribution in [2.24, 2.45) is 11.8 Å². The van der Waals surface area contributed by atoms with Gasteiger partial charge in [0.15, 0.2) is 5.78 Å². The van der Waals surface area contributed by atoms with E-state index in [2.05, 4.69) is 5.32 Å². The summed E-state index contributed by atoms with van der Waals surface area (Å²) in [6.45, 7) is 7.42. The molecule has 0 fully saturated rings. The lowest BCUT2D eigenvalue weighted by Crippen LogP contribution is -2.17. The van der Waals surface area contributed by atoms with Gasteiger partial charge in [0.1, 0.15) is 0 Å². The minimum absolute atomic E-state index is 0. The van der Waals surface area contributed by atoms with E-state index in [1.54, 1.807) is 24.3 Å². The van der Waals surface area contributed by atoms with Crippen LogP contribution < -0.4 is 5.32 Å². The summed E-state index contributed by atoms with van der Waals surface area (Å²) in [5.41, 5.74) is 1.41. The van der Waals surface area contributed by atoms with Gasteiger partial charge in [-0.15, -0.1) is 0 Å². The first-order valence-corrected chi connectivity index (χ1v) is 5.87. The summed E-state index contributed by atoms with van der Waals surface area (Å²) >= 11 is 0. The van der Waals surface area contributed by atoms with Gasteiger partial charge in [-0.3, -0.25) is 9.59 Å². The molecule has 0 aromatic heterocycles. The zero-order valence-corrected chi connectivity index (χ0v) is 10.8. The number of benzene rings is 1. The fourth-order valence-electron chi connectivity index (χ4n) is 1.34. The molecule has 1 aromatic carbocycles. The van der Waals surface area contributed by atoms with E-state index in [1.165, 1.54) is 0 Å². The summed E-state index contributed by atoms with van der Waals surface area (Å²) in [4.78, 5) is 23.2. The number of hydrogen-bond acceptors (Lipinski definition) is 2. The molecule has 0 atom stereocenters. The van der Waals surface area contributed by atoms with Crippen molar-refractivity contribution in [3.8, 4) is 0 Å². The molecule has 0 aliphatic carbocycles. The molecule has 0 saturated carbocycles. The van der Waals surface area contributed by atoms with Gasteiger partial charge in [-0.1, -0.05) is 27.7 Å². The molecule has 0 bridgehead atoms. The second-order valence-corrected chi connectivity index (χ2v) is 4.74. The molecule has 0 spiro atoms. The van der Waals surface area contributed by atoms with Crippen molar-refractivity contribution < 1.29 is 11.0 Å². The number of carbonyl (C=O) groups excluding carboxylic acids is 2. The topological polar surface area (TPSA) is 46.2 Å². The van der Waals surface area contributed by atoms with Gasteiger partial charge in [-0.25, -0.2) is 0 Å². The zero-order valence-electron chi connectivity index (χ0n) is 10.8. The van der Waals surface area contributed by atoms with Crippen molar-refractivity contribution in [3.05, 3.63) is 29.8 Å². The molecule has 3 nitrogen and oxygen atoms in total. The van der Waals surface area contributed by atoms with Crippen LogP contribution in [0.5, 0.6) is 0 Å². The molecule has 0 aliphatic rings. The van der Waals surface area contributed by atoms with E-state index < -0.39 is 0 Å². The van der Waals surface area contributed by atoms with E-state index in [4.69, 9.17) is 0 Å². The molecule has 0 aliphatic heterocycles. The number of rotatable bonds is 4. The van der Waals surface area contributed by atoms with Crippen molar-refractivity contribution in [3.63, 3.8) is 0 Å². The van der Waals surface area contributed by atoms with Crippen LogP contribution >= 0.6 is 0 Å². The van der Waals surface area contributed by atoms with Crippen molar-refractivity contribution in [1.29, 1.82) is 0 Å². The summed E-state index contributed by atoms with van der Waals surface area (Å²) in [5.74, 6) is 0.0396. The van der Waals surface area contributed by atoms with E-state index in [0.29, 0.717) is 5.56 Å². The number of carbonyl (C=O) groups is 2. The smallest absolute Gasteiger partial charge is 0.226 e. The average Bonchev–Trinajstić information content (AvgIpc) is 2.28. The molecule has 1 amide bonds. The van der Waals surface area contributed by atoms with Gasteiger partial charge in [0.05, 0.1) is 0 Å². The molecular weight excluding hydrogens is 214 g/mol. The highest BCUT2D eigenvalue weighted by molar-refractivity contribution is 5.98. The van der Waals surface area contributed by atoms with E-state index in [0.717, 1.165) is 5.69 Å². The van der Waals surface area contributed by atoms with Gasteiger partial charge in [-0.05, 0) is 24.3 Å². The monoisotopic (exact) mass is 235 g/mol. The first kappa shape index (κ1) is 13.4. The van der Waals surface area contributed by atoms with Crippen LogP contribution in [0.4, 0.5) is 5.69 Å². The second kappa shape index (κ2) is 5.62. The number of anilines is 1. The Bertz CT molecular complexity index is 410. The zero-order chi connectivity index (χ0) is 13.0. The molecule has 0 unspecified atom stereocenters. The molecule has 17 heavy (non-hydrogen) atoms. The van der Waals surface area contributed by atoms with Crippen molar-refractivity contribution >= 4 is 17.4 Å². The maximum atomic E-state index is 11.7. The molecule has 94 valence electrons. The Morgan fingerprint density at radius 3 is 1.94 bits per heavy atom. The Morgan fingerprint density at radius 2 is 1.53 bits per heavy atom. The molecule has 3 heteroatoms. The van der Waals surface area contributed by atoms with Gasteiger partial charge >= 0.3 is 0 Å². The van der Waals surface area contributed by atoms with E-state index >= 15 is 0 Å². The number of nitrogens with one attached hydrogen (secondary N) is 1. The molecule has 1 rings (SSSR count). The molecular formula is C14H21NO2. The summed E-state index contributed by atoms with van der Waals surface area (Å²) in [7, 11) is 0. The lowest BCUT2D eigenvalue weighted by Gasteiger charge is -2.09. The first-order valence-electron chi connectivity index (χ1n) is 5.87. The van der Waals surface area contributed by atoms with E-state index in [9.17, 15) is 9.59 Å². The minimum atomic E-state index is -0.0491. The third kappa shape index (κ3) is 3.70. The van der Waals surface area contributed by atoms with Crippen LogP contribution in [0.3, 0.4) is 0 Å². The second-order valence-electron chi connectivity index (χ2n) is 4.74. The molecule has 0 saturated heterocycles. The highest BCUT2D eigenvalue weighted by Crippen LogP contribution is 2.14. The van der Waals surface area contributed by atoms with Gasteiger partial charge in [0.2, 0.25) is 5.91 Å². The van der Waals surface area contributed by atoms with Gasteiger partial charge in [0.25, 0.3) is 0 Å². The lowest BCUT2D eigenvalue weighted by molar-refractivity contribution is -0.118. The number of amides is 1. The Kier molecular flexibility index (Phi) is 4.44. The van der Waals surface area contributed by atoms with Gasteiger partial charge in [-0.2, -0.15) is 0 Å². The van der Waals surface area contributed by atoms with Crippen molar-refractivity contribution in [2.45, 2.75) is 27.7 Å². The Morgan fingerprint density at radius 1 is 1.00 bits per heavy atom. The van der Waals surface area contributed by atoms with Crippen LogP contribution in [0.2, 0.25) is 0 Å². The Labute approximate surface area is 104 Å². The fourth-order valence-corrected chi connectivity index (χ4v) is 1.34. The highest BCUT2D eigenvalue weighted by atomic mass is 16.1. The van der Waals surface area contributed by atoms with Crippen LogP contribution in [-0.2, 0) is 4.79 Å². The fraction of sp³-hybridized carbons (Fsp3) is 0.429.